The number of aryl methyl sites for hydroxylation is 3. The molecule has 1 atom stereocenters. The van der Waals surface area contributed by atoms with Gasteiger partial charge in [-0.2, -0.15) is 0 Å². The molecule has 0 spiro atoms. The van der Waals surface area contributed by atoms with E-state index in [2.05, 4.69) is 0 Å². The van der Waals surface area contributed by atoms with Crippen LogP contribution in [0.5, 0.6) is 5.75 Å². The second kappa shape index (κ2) is 6.28. The Kier molecular flexibility index (Phi) is 4.80. The maximum Gasteiger partial charge on any atom is 0.260 e. The molecule has 1 unspecified atom stereocenters. The number of ether oxygens (including phenoxy) is 1. The van der Waals surface area contributed by atoms with Crippen molar-refractivity contribution in [2.45, 2.75) is 33.2 Å². The topological polar surface area (TPSA) is 63.7 Å². The average Bonchev–Trinajstić information content (AvgIpc) is 2.80. The number of hydrogen-bond acceptors (Lipinski definition) is 4. The van der Waals surface area contributed by atoms with Crippen molar-refractivity contribution >= 4 is 15.7 Å². The molecule has 0 radical (unpaired) electrons. The first kappa shape index (κ1) is 16.8. The lowest BCUT2D eigenvalue weighted by Crippen LogP contribution is -2.40. The molecule has 0 saturated carbocycles. The number of amides is 1. The van der Waals surface area contributed by atoms with E-state index in [0.29, 0.717) is 12.2 Å². The lowest BCUT2D eigenvalue weighted by molar-refractivity contribution is -0.133. The summed E-state index contributed by atoms with van der Waals surface area (Å²) in [6, 6.07) is 3.72. The molecule has 1 heterocycles. The highest BCUT2D eigenvalue weighted by Gasteiger charge is 2.32. The molecule has 0 aromatic heterocycles. The summed E-state index contributed by atoms with van der Waals surface area (Å²) in [5.74, 6) is 0.716. The maximum absolute atomic E-state index is 12.2. The average molecular weight is 325 g/mol. The Morgan fingerprint density at radius 1 is 1.23 bits per heavy atom. The van der Waals surface area contributed by atoms with E-state index in [4.69, 9.17) is 4.74 Å². The predicted octanol–water partition coefficient (Wildman–Crippen LogP) is 1.64. The largest absolute Gasteiger partial charge is 0.483 e. The van der Waals surface area contributed by atoms with Gasteiger partial charge in [-0.1, -0.05) is 6.07 Å². The molecular weight excluding hydrogens is 302 g/mol. The Bertz CT molecular complexity index is 682. The van der Waals surface area contributed by atoms with Gasteiger partial charge in [0.1, 0.15) is 5.75 Å². The van der Waals surface area contributed by atoms with E-state index in [-0.39, 0.29) is 30.1 Å². The summed E-state index contributed by atoms with van der Waals surface area (Å²) in [5.41, 5.74) is 3.29. The fourth-order valence-corrected chi connectivity index (χ4v) is 4.39. The fraction of sp³-hybridized carbons (Fsp3) is 0.562. The first-order valence-electron chi connectivity index (χ1n) is 7.36. The van der Waals surface area contributed by atoms with Crippen LogP contribution in [-0.4, -0.2) is 50.4 Å². The molecule has 5 nitrogen and oxygen atoms in total. The molecule has 1 saturated heterocycles. The molecule has 1 fully saturated rings. The van der Waals surface area contributed by atoms with Crippen LogP contribution in [0.4, 0.5) is 0 Å². The van der Waals surface area contributed by atoms with Gasteiger partial charge in [0.05, 0.1) is 11.5 Å². The molecule has 0 aliphatic carbocycles. The van der Waals surface area contributed by atoms with Crippen LogP contribution in [0.2, 0.25) is 0 Å². The van der Waals surface area contributed by atoms with E-state index in [0.717, 1.165) is 11.1 Å². The van der Waals surface area contributed by atoms with Crippen LogP contribution in [0, 0.1) is 20.8 Å². The van der Waals surface area contributed by atoms with Gasteiger partial charge in [-0.25, -0.2) is 8.42 Å². The zero-order valence-electron chi connectivity index (χ0n) is 13.5. The third kappa shape index (κ3) is 3.80. The molecule has 2 rings (SSSR count). The highest BCUT2D eigenvalue weighted by molar-refractivity contribution is 7.91. The Morgan fingerprint density at radius 2 is 1.86 bits per heavy atom. The molecule has 0 bridgehead atoms. The van der Waals surface area contributed by atoms with Crippen LogP contribution >= 0.6 is 0 Å². The van der Waals surface area contributed by atoms with Gasteiger partial charge in [0.15, 0.2) is 16.4 Å². The monoisotopic (exact) mass is 325 g/mol. The number of likely N-dealkylation sites (N-methyl/N-ethyl adjacent to an activating group) is 1. The van der Waals surface area contributed by atoms with Gasteiger partial charge in [-0.3, -0.25) is 4.79 Å². The van der Waals surface area contributed by atoms with Crippen LogP contribution in [-0.2, 0) is 14.6 Å². The number of carbonyl (C=O) groups is 1. The highest BCUT2D eigenvalue weighted by atomic mass is 32.2. The number of rotatable bonds is 4. The summed E-state index contributed by atoms with van der Waals surface area (Å²) in [6.45, 7) is 5.90. The van der Waals surface area contributed by atoms with Crippen LogP contribution in [0.25, 0.3) is 0 Å². The van der Waals surface area contributed by atoms with Gasteiger partial charge in [0, 0.05) is 13.1 Å². The summed E-state index contributed by atoms with van der Waals surface area (Å²) in [4.78, 5) is 13.7. The number of sulfone groups is 1. The number of nitrogens with zero attached hydrogens (tertiary/aromatic N) is 1. The zero-order valence-corrected chi connectivity index (χ0v) is 14.4. The second-order valence-corrected chi connectivity index (χ2v) is 8.28. The molecule has 1 aromatic rings. The van der Waals surface area contributed by atoms with Crippen molar-refractivity contribution in [1.29, 1.82) is 0 Å². The van der Waals surface area contributed by atoms with Crippen LogP contribution in [0.15, 0.2) is 12.1 Å². The Hall–Kier alpha value is -1.56. The van der Waals surface area contributed by atoms with E-state index in [1.165, 1.54) is 10.5 Å². The summed E-state index contributed by atoms with van der Waals surface area (Å²) < 4.78 is 28.6. The third-order valence-electron chi connectivity index (χ3n) is 4.29. The van der Waals surface area contributed by atoms with E-state index in [1.54, 1.807) is 7.05 Å². The third-order valence-corrected chi connectivity index (χ3v) is 6.04. The Labute approximate surface area is 132 Å². The summed E-state index contributed by atoms with van der Waals surface area (Å²) in [6.07, 6.45) is 0.507. The second-order valence-electron chi connectivity index (χ2n) is 6.05. The number of carbonyl (C=O) groups excluding carboxylic acids is 1. The van der Waals surface area contributed by atoms with E-state index in [9.17, 15) is 13.2 Å². The first-order valence-corrected chi connectivity index (χ1v) is 9.18. The molecule has 1 aliphatic heterocycles. The van der Waals surface area contributed by atoms with Gasteiger partial charge < -0.3 is 9.64 Å². The van der Waals surface area contributed by atoms with Crippen molar-refractivity contribution in [3.63, 3.8) is 0 Å². The van der Waals surface area contributed by atoms with Crippen molar-refractivity contribution in [2.75, 3.05) is 25.2 Å². The molecule has 6 heteroatoms. The van der Waals surface area contributed by atoms with Gasteiger partial charge >= 0.3 is 0 Å². The van der Waals surface area contributed by atoms with Crippen LogP contribution < -0.4 is 4.74 Å². The minimum Gasteiger partial charge on any atom is -0.483 e. The molecule has 1 aromatic carbocycles. The first-order chi connectivity index (χ1) is 10.2. The van der Waals surface area contributed by atoms with Gasteiger partial charge in [0.2, 0.25) is 0 Å². The van der Waals surface area contributed by atoms with E-state index < -0.39 is 9.84 Å². The van der Waals surface area contributed by atoms with Crippen molar-refractivity contribution in [2.24, 2.45) is 0 Å². The summed E-state index contributed by atoms with van der Waals surface area (Å²) >= 11 is 0. The Balaban J connectivity index is 1.97. The molecule has 0 N–H and O–H groups in total. The smallest absolute Gasteiger partial charge is 0.260 e. The minimum absolute atomic E-state index is 0.0535. The number of hydrogen-bond donors (Lipinski definition) is 0. The van der Waals surface area contributed by atoms with Crippen molar-refractivity contribution in [3.05, 3.63) is 28.8 Å². The van der Waals surface area contributed by atoms with Crippen LogP contribution in [0.1, 0.15) is 23.1 Å². The van der Waals surface area contributed by atoms with Crippen molar-refractivity contribution in [3.8, 4) is 5.75 Å². The SMILES string of the molecule is Cc1cc(C)c(OCC(=O)N(C)C2CCS(=O)(=O)C2)cc1C. The van der Waals surface area contributed by atoms with Crippen molar-refractivity contribution < 1.29 is 17.9 Å². The zero-order chi connectivity index (χ0) is 16.5. The summed E-state index contributed by atoms with van der Waals surface area (Å²) in [7, 11) is -1.35. The maximum atomic E-state index is 12.2. The van der Waals surface area contributed by atoms with E-state index in [1.807, 2.05) is 32.9 Å². The molecule has 1 aliphatic rings. The molecular formula is C16H23NO4S. The Morgan fingerprint density at radius 3 is 2.45 bits per heavy atom. The predicted molar refractivity (Wildman–Crippen MR) is 86.0 cm³/mol. The standard InChI is InChI=1S/C16H23NO4S/c1-11-7-13(3)15(8-12(11)2)21-9-16(18)17(4)14-5-6-22(19,20)10-14/h7-8,14H,5-6,9-10H2,1-4H3. The number of benzene rings is 1. The summed E-state index contributed by atoms with van der Waals surface area (Å²) in [5, 5.41) is 0. The molecule has 122 valence electrons. The molecule has 22 heavy (non-hydrogen) atoms. The minimum atomic E-state index is -2.99. The lowest BCUT2D eigenvalue weighted by atomic mass is 10.1. The highest BCUT2D eigenvalue weighted by Crippen LogP contribution is 2.23. The molecule has 1 amide bonds. The van der Waals surface area contributed by atoms with E-state index >= 15 is 0 Å². The normalized spacial score (nSPS) is 19.9. The fourth-order valence-electron chi connectivity index (χ4n) is 2.62. The van der Waals surface area contributed by atoms with Gasteiger partial charge in [-0.15, -0.1) is 0 Å². The van der Waals surface area contributed by atoms with Gasteiger partial charge in [0.25, 0.3) is 5.91 Å². The lowest BCUT2D eigenvalue weighted by Gasteiger charge is -2.23. The quantitative estimate of drug-likeness (QED) is 0.844. The van der Waals surface area contributed by atoms with Crippen molar-refractivity contribution in [1.82, 2.24) is 4.90 Å². The van der Waals surface area contributed by atoms with Gasteiger partial charge in [-0.05, 0) is 49.9 Å². The van der Waals surface area contributed by atoms with Crippen LogP contribution in [0.3, 0.4) is 0 Å².